The van der Waals surface area contributed by atoms with Crippen molar-refractivity contribution in [2.45, 2.75) is 51.4 Å². The number of nitrogens with two attached hydrogens (primary N) is 1. The monoisotopic (exact) mass is 435 g/mol. The van der Waals surface area contributed by atoms with E-state index < -0.39 is 0 Å². The number of nitrogens with zero attached hydrogens (tertiary/aromatic N) is 2. The lowest BCUT2D eigenvalue weighted by Gasteiger charge is -2.14. The molecule has 0 radical (unpaired) electrons. The van der Waals surface area contributed by atoms with Gasteiger partial charge in [-0.3, -0.25) is 0 Å². The highest BCUT2D eigenvalue weighted by molar-refractivity contribution is 5.43. The number of hydrogen-bond donors (Lipinski definition) is 1. The Morgan fingerprint density at radius 3 is 1.52 bits per heavy atom. The molecule has 0 bridgehead atoms. The standard InChI is InChI=1S/C30H33N3/c31-30-27(23-22-26-16-8-3-9-17-26)28(20-10-18-24-12-4-1-5-13-24)32-29(33-30)21-11-19-25-14-6-2-7-15-25/h1-9,12-17H,10-11,18-23H2,(H2,31,32,33). The molecule has 168 valence electrons. The first kappa shape index (κ1) is 22.7. The molecular weight excluding hydrogens is 402 g/mol. The van der Waals surface area contributed by atoms with Gasteiger partial charge in [0.05, 0.1) is 0 Å². The summed E-state index contributed by atoms with van der Waals surface area (Å²) in [6, 6.07) is 31.8. The van der Waals surface area contributed by atoms with Gasteiger partial charge in [-0.1, -0.05) is 91.0 Å². The number of benzene rings is 3. The van der Waals surface area contributed by atoms with Crippen LogP contribution in [-0.2, 0) is 38.5 Å². The van der Waals surface area contributed by atoms with E-state index in [1.54, 1.807) is 0 Å². The van der Waals surface area contributed by atoms with Crippen molar-refractivity contribution < 1.29 is 0 Å². The van der Waals surface area contributed by atoms with Crippen LogP contribution in [0.3, 0.4) is 0 Å². The summed E-state index contributed by atoms with van der Waals surface area (Å²) in [4.78, 5) is 9.73. The maximum Gasteiger partial charge on any atom is 0.131 e. The van der Waals surface area contributed by atoms with E-state index in [1.807, 2.05) is 0 Å². The van der Waals surface area contributed by atoms with Gasteiger partial charge in [0.15, 0.2) is 0 Å². The molecule has 0 spiro atoms. The van der Waals surface area contributed by atoms with Gasteiger partial charge < -0.3 is 5.73 Å². The van der Waals surface area contributed by atoms with E-state index in [2.05, 4.69) is 91.0 Å². The summed E-state index contributed by atoms with van der Waals surface area (Å²) in [5.41, 5.74) is 12.8. The minimum atomic E-state index is 0.658. The number of rotatable bonds is 11. The summed E-state index contributed by atoms with van der Waals surface area (Å²) in [7, 11) is 0. The van der Waals surface area contributed by atoms with Crippen molar-refractivity contribution in [3.63, 3.8) is 0 Å². The third kappa shape index (κ3) is 7.01. The summed E-state index contributed by atoms with van der Waals surface area (Å²) in [5, 5.41) is 0. The molecule has 1 aromatic heterocycles. The van der Waals surface area contributed by atoms with Gasteiger partial charge in [0.2, 0.25) is 0 Å². The second-order valence-electron chi connectivity index (χ2n) is 8.61. The van der Waals surface area contributed by atoms with Crippen molar-refractivity contribution in [3.05, 3.63) is 125 Å². The van der Waals surface area contributed by atoms with Crippen molar-refractivity contribution in [2.24, 2.45) is 0 Å². The molecule has 4 rings (SSSR count). The molecule has 0 atom stereocenters. The van der Waals surface area contributed by atoms with Crippen molar-refractivity contribution in [2.75, 3.05) is 5.73 Å². The first-order chi connectivity index (χ1) is 16.3. The van der Waals surface area contributed by atoms with E-state index >= 15 is 0 Å². The first-order valence-corrected chi connectivity index (χ1v) is 12.0. The normalized spacial score (nSPS) is 10.9. The Labute approximate surface area is 197 Å². The number of hydrogen-bond acceptors (Lipinski definition) is 3. The molecule has 0 fully saturated rings. The van der Waals surface area contributed by atoms with Crippen molar-refractivity contribution >= 4 is 5.82 Å². The Morgan fingerprint density at radius 1 is 0.485 bits per heavy atom. The molecule has 33 heavy (non-hydrogen) atoms. The number of aryl methyl sites for hydroxylation is 5. The summed E-state index contributed by atoms with van der Waals surface area (Å²) in [5.74, 6) is 1.53. The van der Waals surface area contributed by atoms with E-state index in [0.29, 0.717) is 5.82 Å². The van der Waals surface area contributed by atoms with Crippen LogP contribution in [0.4, 0.5) is 5.82 Å². The highest BCUT2D eigenvalue weighted by Crippen LogP contribution is 2.20. The highest BCUT2D eigenvalue weighted by Gasteiger charge is 2.13. The van der Waals surface area contributed by atoms with Crippen LogP contribution in [0, 0.1) is 0 Å². The van der Waals surface area contributed by atoms with Crippen LogP contribution < -0.4 is 5.73 Å². The predicted molar refractivity (Wildman–Crippen MR) is 137 cm³/mol. The van der Waals surface area contributed by atoms with Crippen LogP contribution in [0.5, 0.6) is 0 Å². The van der Waals surface area contributed by atoms with Crippen LogP contribution in [0.2, 0.25) is 0 Å². The molecule has 0 aliphatic rings. The number of aromatic nitrogens is 2. The molecule has 0 unspecified atom stereocenters. The zero-order valence-electron chi connectivity index (χ0n) is 19.3. The maximum absolute atomic E-state index is 6.50. The van der Waals surface area contributed by atoms with Crippen LogP contribution in [0.25, 0.3) is 0 Å². The minimum Gasteiger partial charge on any atom is -0.383 e. The molecule has 0 aliphatic heterocycles. The Hall–Kier alpha value is -3.46. The molecule has 3 aromatic carbocycles. The fourth-order valence-electron chi connectivity index (χ4n) is 4.31. The molecule has 1 heterocycles. The maximum atomic E-state index is 6.50. The lowest BCUT2D eigenvalue weighted by molar-refractivity contribution is 0.728. The average Bonchev–Trinajstić information content (AvgIpc) is 2.85. The molecule has 0 aliphatic carbocycles. The molecule has 3 heteroatoms. The summed E-state index contributed by atoms with van der Waals surface area (Å²) in [6.45, 7) is 0. The van der Waals surface area contributed by atoms with E-state index in [0.717, 1.165) is 68.4 Å². The second-order valence-corrected chi connectivity index (χ2v) is 8.61. The smallest absolute Gasteiger partial charge is 0.131 e. The molecule has 3 nitrogen and oxygen atoms in total. The van der Waals surface area contributed by atoms with E-state index in [-0.39, 0.29) is 0 Å². The van der Waals surface area contributed by atoms with Gasteiger partial charge in [-0.15, -0.1) is 0 Å². The zero-order valence-corrected chi connectivity index (χ0v) is 19.3. The van der Waals surface area contributed by atoms with Crippen LogP contribution in [0.1, 0.15) is 46.6 Å². The fraction of sp³-hybridized carbons (Fsp3) is 0.267. The predicted octanol–water partition coefficient (Wildman–Crippen LogP) is 6.19. The molecule has 0 amide bonds. The van der Waals surface area contributed by atoms with E-state index in [1.165, 1.54) is 16.7 Å². The van der Waals surface area contributed by atoms with E-state index in [9.17, 15) is 0 Å². The Balaban J connectivity index is 1.45. The van der Waals surface area contributed by atoms with Crippen LogP contribution in [0.15, 0.2) is 91.0 Å². The van der Waals surface area contributed by atoms with Crippen molar-refractivity contribution in [1.82, 2.24) is 9.97 Å². The largest absolute Gasteiger partial charge is 0.383 e. The van der Waals surface area contributed by atoms with Gasteiger partial charge in [-0.05, 0) is 61.6 Å². The fourth-order valence-corrected chi connectivity index (χ4v) is 4.31. The molecular formula is C30H33N3. The molecule has 0 saturated carbocycles. The summed E-state index contributed by atoms with van der Waals surface area (Å²) in [6.07, 6.45) is 7.77. The summed E-state index contributed by atoms with van der Waals surface area (Å²) >= 11 is 0. The number of anilines is 1. The Morgan fingerprint density at radius 2 is 0.970 bits per heavy atom. The Bertz CT molecular complexity index is 1110. The van der Waals surface area contributed by atoms with Gasteiger partial charge in [0.25, 0.3) is 0 Å². The number of nitrogen functional groups attached to an aromatic ring is 1. The van der Waals surface area contributed by atoms with Gasteiger partial charge in [0.1, 0.15) is 11.6 Å². The van der Waals surface area contributed by atoms with Crippen LogP contribution >= 0.6 is 0 Å². The topological polar surface area (TPSA) is 51.8 Å². The SMILES string of the molecule is Nc1nc(CCCc2ccccc2)nc(CCCc2ccccc2)c1CCc1ccccc1. The highest BCUT2D eigenvalue weighted by atomic mass is 15.0. The zero-order chi connectivity index (χ0) is 22.7. The molecule has 4 aromatic rings. The van der Waals surface area contributed by atoms with Crippen LogP contribution in [-0.4, -0.2) is 9.97 Å². The van der Waals surface area contributed by atoms with E-state index in [4.69, 9.17) is 15.7 Å². The third-order valence-electron chi connectivity index (χ3n) is 6.11. The van der Waals surface area contributed by atoms with Gasteiger partial charge >= 0.3 is 0 Å². The third-order valence-corrected chi connectivity index (χ3v) is 6.11. The lowest BCUT2D eigenvalue weighted by atomic mass is 9.99. The second kappa shape index (κ2) is 12.0. The average molecular weight is 436 g/mol. The van der Waals surface area contributed by atoms with Crippen molar-refractivity contribution in [3.8, 4) is 0 Å². The molecule has 2 N–H and O–H groups in total. The van der Waals surface area contributed by atoms with Gasteiger partial charge in [-0.2, -0.15) is 0 Å². The van der Waals surface area contributed by atoms with Gasteiger partial charge in [-0.25, -0.2) is 9.97 Å². The molecule has 0 saturated heterocycles. The lowest BCUT2D eigenvalue weighted by Crippen LogP contribution is -2.11. The Kier molecular flexibility index (Phi) is 8.24. The first-order valence-electron chi connectivity index (χ1n) is 12.0. The summed E-state index contributed by atoms with van der Waals surface area (Å²) < 4.78 is 0. The minimum absolute atomic E-state index is 0.658. The quantitative estimate of drug-likeness (QED) is 0.305. The van der Waals surface area contributed by atoms with Gasteiger partial charge in [0, 0.05) is 17.7 Å². The van der Waals surface area contributed by atoms with Crippen molar-refractivity contribution in [1.29, 1.82) is 0 Å².